The minimum atomic E-state index is -3.72. The minimum absolute atomic E-state index is 0.00827. The number of halogens is 1. The summed E-state index contributed by atoms with van der Waals surface area (Å²) in [5, 5.41) is 2.90. The molecule has 0 bridgehead atoms. The van der Waals surface area contributed by atoms with Crippen LogP contribution in [0.3, 0.4) is 0 Å². The van der Waals surface area contributed by atoms with Crippen molar-refractivity contribution >= 4 is 38.9 Å². The van der Waals surface area contributed by atoms with Gasteiger partial charge in [-0.15, -0.1) is 0 Å². The summed E-state index contributed by atoms with van der Waals surface area (Å²) in [4.78, 5) is 14.4. The maximum absolute atomic E-state index is 12.8. The highest BCUT2D eigenvalue weighted by Gasteiger charge is 2.25. The highest BCUT2D eigenvalue weighted by molar-refractivity contribution is 7.89. The van der Waals surface area contributed by atoms with Gasteiger partial charge in [-0.2, -0.15) is 4.31 Å². The number of hydrogen-bond acceptors (Lipinski definition) is 4. The van der Waals surface area contributed by atoms with Gasteiger partial charge in [-0.3, -0.25) is 4.79 Å². The summed E-state index contributed by atoms with van der Waals surface area (Å²) in [6.45, 7) is 7.01. The number of carbonyl (C=O) groups is 1. The van der Waals surface area contributed by atoms with Crippen LogP contribution in [-0.4, -0.2) is 44.8 Å². The van der Waals surface area contributed by atoms with Gasteiger partial charge in [0.25, 0.3) is 0 Å². The van der Waals surface area contributed by atoms with E-state index >= 15 is 0 Å². The lowest BCUT2D eigenvalue weighted by molar-refractivity contribution is -0.115. The van der Waals surface area contributed by atoms with E-state index in [1.165, 1.54) is 16.4 Å². The molecule has 2 rings (SSSR count). The van der Waals surface area contributed by atoms with Crippen LogP contribution in [0.15, 0.2) is 53.4 Å². The predicted octanol–water partition coefficient (Wildman–Crippen LogP) is 3.84. The number of benzene rings is 2. The topological polar surface area (TPSA) is 69.7 Å². The molecule has 0 saturated carbocycles. The molecule has 0 atom stereocenters. The Labute approximate surface area is 172 Å². The smallest absolute Gasteiger partial charge is 0.244 e. The van der Waals surface area contributed by atoms with Crippen LogP contribution < -0.4 is 10.2 Å². The molecule has 2 aromatic rings. The Morgan fingerprint density at radius 3 is 2.21 bits per heavy atom. The summed E-state index contributed by atoms with van der Waals surface area (Å²) in [6.07, 6.45) is 0. The average Bonchev–Trinajstić information content (AvgIpc) is 2.69. The second kappa shape index (κ2) is 9.91. The number of hydrogen-bond donors (Lipinski definition) is 1. The van der Waals surface area contributed by atoms with E-state index in [-0.39, 0.29) is 22.4 Å². The van der Waals surface area contributed by atoms with Gasteiger partial charge in [0.05, 0.1) is 11.6 Å². The summed E-state index contributed by atoms with van der Waals surface area (Å²) in [5.74, 6) is -0.237. The van der Waals surface area contributed by atoms with Gasteiger partial charge < -0.3 is 10.2 Å². The summed E-state index contributed by atoms with van der Waals surface area (Å²) in [7, 11) is -3.72. The van der Waals surface area contributed by atoms with Crippen molar-refractivity contribution < 1.29 is 13.2 Å². The molecular formula is C20H26ClN3O3S. The lowest BCUT2D eigenvalue weighted by Crippen LogP contribution is -2.33. The summed E-state index contributed by atoms with van der Waals surface area (Å²) in [5.41, 5.74) is 1.34. The van der Waals surface area contributed by atoms with E-state index in [0.29, 0.717) is 25.3 Å². The molecule has 0 heterocycles. The second-order valence-electron chi connectivity index (χ2n) is 6.13. The first-order valence-corrected chi connectivity index (χ1v) is 11.0. The first-order valence-electron chi connectivity index (χ1n) is 9.23. The first-order chi connectivity index (χ1) is 13.3. The number of likely N-dealkylation sites (N-methyl/N-ethyl adjacent to an activating group) is 1. The lowest BCUT2D eigenvalue weighted by atomic mass is 10.2. The molecule has 0 saturated heterocycles. The molecule has 0 aliphatic rings. The molecule has 152 valence electrons. The molecule has 0 unspecified atom stereocenters. The zero-order valence-electron chi connectivity index (χ0n) is 16.4. The van der Waals surface area contributed by atoms with E-state index < -0.39 is 10.0 Å². The maximum Gasteiger partial charge on any atom is 0.244 e. The van der Waals surface area contributed by atoms with E-state index in [4.69, 9.17) is 11.6 Å². The number of anilines is 2. The van der Waals surface area contributed by atoms with Crippen LogP contribution in [0.4, 0.5) is 11.4 Å². The summed E-state index contributed by atoms with van der Waals surface area (Å²) >= 11 is 6.14. The molecule has 6 nitrogen and oxygen atoms in total. The number of para-hydroxylation sites is 1. The van der Waals surface area contributed by atoms with Gasteiger partial charge in [0.2, 0.25) is 15.9 Å². The molecule has 0 aliphatic heterocycles. The lowest BCUT2D eigenvalue weighted by Gasteiger charge is -2.23. The normalized spacial score (nSPS) is 11.5. The number of nitrogens with zero attached hydrogens (tertiary/aromatic N) is 2. The number of nitrogens with one attached hydrogen (secondary N) is 1. The Kier molecular flexibility index (Phi) is 7.86. The molecule has 1 N–H and O–H groups in total. The van der Waals surface area contributed by atoms with Crippen LogP contribution in [0.1, 0.15) is 20.8 Å². The zero-order chi connectivity index (χ0) is 20.7. The van der Waals surface area contributed by atoms with Crippen LogP contribution in [0.5, 0.6) is 0 Å². The Hall–Kier alpha value is -2.09. The molecule has 1 amide bonds. The molecule has 0 aliphatic carbocycles. The maximum atomic E-state index is 12.8. The third-order valence-corrected chi connectivity index (χ3v) is 6.91. The van der Waals surface area contributed by atoms with Crippen LogP contribution in [0.2, 0.25) is 5.02 Å². The summed E-state index contributed by atoms with van der Waals surface area (Å²) < 4.78 is 26.9. The van der Waals surface area contributed by atoms with Gasteiger partial charge in [-0.1, -0.05) is 43.6 Å². The Balaban J connectivity index is 2.19. The van der Waals surface area contributed by atoms with Crippen molar-refractivity contribution in [3.63, 3.8) is 0 Å². The van der Waals surface area contributed by atoms with Gasteiger partial charge in [0, 0.05) is 31.0 Å². The number of amides is 1. The molecule has 8 heteroatoms. The molecular weight excluding hydrogens is 398 g/mol. The van der Waals surface area contributed by atoms with Gasteiger partial charge in [-0.05, 0) is 37.3 Å². The van der Waals surface area contributed by atoms with Crippen LogP contribution in [0.25, 0.3) is 0 Å². The minimum Gasteiger partial charge on any atom is -0.362 e. The predicted molar refractivity (Wildman–Crippen MR) is 115 cm³/mol. The van der Waals surface area contributed by atoms with E-state index in [9.17, 15) is 13.2 Å². The largest absolute Gasteiger partial charge is 0.362 e. The van der Waals surface area contributed by atoms with Gasteiger partial charge in [0.15, 0.2) is 0 Å². The van der Waals surface area contributed by atoms with Crippen molar-refractivity contribution in [1.29, 1.82) is 0 Å². The number of carbonyl (C=O) groups excluding carboxylic acids is 1. The fraction of sp³-hybridized carbons (Fsp3) is 0.350. The highest BCUT2D eigenvalue weighted by atomic mass is 35.5. The number of sulfonamides is 1. The van der Waals surface area contributed by atoms with Crippen molar-refractivity contribution in [1.82, 2.24) is 4.31 Å². The van der Waals surface area contributed by atoms with Crippen molar-refractivity contribution in [3.8, 4) is 0 Å². The van der Waals surface area contributed by atoms with Crippen molar-refractivity contribution in [2.75, 3.05) is 36.4 Å². The van der Waals surface area contributed by atoms with Crippen molar-refractivity contribution in [2.24, 2.45) is 0 Å². The molecule has 0 spiro atoms. The van der Waals surface area contributed by atoms with Crippen LogP contribution in [0, 0.1) is 0 Å². The quantitative estimate of drug-likeness (QED) is 0.665. The molecule has 0 aromatic heterocycles. The summed E-state index contributed by atoms with van der Waals surface area (Å²) in [6, 6.07) is 14.1. The number of rotatable bonds is 9. The molecule has 0 radical (unpaired) electrons. The van der Waals surface area contributed by atoms with Gasteiger partial charge in [0.1, 0.15) is 4.90 Å². The molecule has 0 fully saturated rings. The first kappa shape index (κ1) is 22.2. The second-order valence-corrected chi connectivity index (χ2v) is 8.45. The van der Waals surface area contributed by atoms with E-state index in [1.54, 1.807) is 19.9 Å². The van der Waals surface area contributed by atoms with Gasteiger partial charge >= 0.3 is 0 Å². The Morgan fingerprint density at radius 1 is 1.00 bits per heavy atom. The Morgan fingerprint density at radius 2 is 1.64 bits per heavy atom. The fourth-order valence-corrected chi connectivity index (χ4v) is 4.84. The van der Waals surface area contributed by atoms with Gasteiger partial charge in [-0.25, -0.2) is 8.42 Å². The SMILES string of the molecule is CCN(CC(=O)Nc1ccc(Cl)c(S(=O)(=O)N(CC)CC)c1)c1ccccc1. The van der Waals surface area contributed by atoms with Crippen LogP contribution in [-0.2, 0) is 14.8 Å². The van der Waals surface area contributed by atoms with Crippen LogP contribution >= 0.6 is 11.6 Å². The third-order valence-electron chi connectivity index (χ3n) is 4.38. The molecule has 28 heavy (non-hydrogen) atoms. The van der Waals surface area contributed by atoms with E-state index in [2.05, 4.69) is 5.32 Å². The zero-order valence-corrected chi connectivity index (χ0v) is 17.9. The molecule has 2 aromatic carbocycles. The standard InChI is InChI=1S/C20H26ClN3O3S/c1-4-23(17-10-8-7-9-11-17)15-20(25)22-16-12-13-18(21)19(14-16)28(26,27)24(5-2)6-3/h7-14H,4-6,15H2,1-3H3,(H,22,25). The monoisotopic (exact) mass is 423 g/mol. The third kappa shape index (κ3) is 5.25. The highest BCUT2D eigenvalue weighted by Crippen LogP contribution is 2.27. The van der Waals surface area contributed by atoms with E-state index in [1.807, 2.05) is 42.2 Å². The Bertz CT molecular complexity index is 900. The van der Waals surface area contributed by atoms with Crippen molar-refractivity contribution in [2.45, 2.75) is 25.7 Å². The van der Waals surface area contributed by atoms with Crippen molar-refractivity contribution in [3.05, 3.63) is 53.6 Å². The van der Waals surface area contributed by atoms with E-state index in [0.717, 1.165) is 5.69 Å². The fourth-order valence-electron chi connectivity index (χ4n) is 2.88. The average molecular weight is 424 g/mol.